The zero-order valence-corrected chi connectivity index (χ0v) is 17.7. The van der Waals surface area contributed by atoms with Crippen LogP contribution in [0, 0.1) is 0 Å². The van der Waals surface area contributed by atoms with Crippen molar-refractivity contribution in [3.8, 4) is 0 Å². The lowest BCUT2D eigenvalue weighted by atomic mass is 10.1. The number of nitrogens with one attached hydrogen (secondary N) is 2. The number of fused-ring (bicyclic) bond motifs is 1. The number of aryl methyl sites for hydroxylation is 1. The van der Waals surface area contributed by atoms with Crippen molar-refractivity contribution in [2.45, 2.75) is 36.6 Å². The van der Waals surface area contributed by atoms with Crippen LogP contribution in [0.3, 0.4) is 0 Å². The highest BCUT2D eigenvalue weighted by atomic mass is 32.2. The maximum atomic E-state index is 13.0. The number of rotatable bonds is 6. The second kappa shape index (κ2) is 8.60. The molecule has 2 aromatic rings. The molecule has 0 bridgehead atoms. The Morgan fingerprint density at radius 3 is 2.39 bits per heavy atom. The first kappa shape index (κ1) is 21.2. The Labute approximate surface area is 180 Å². The molecule has 4 rings (SSSR count). The van der Waals surface area contributed by atoms with Crippen LogP contribution in [0.25, 0.3) is 0 Å². The van der Waals surface area contributed by atoms with Crippen LogP contribution in [0.5, 0.6) is 0 Å². The van der Waals surface area contributed by atoms with E-state index in [0.29, 0.717) is 25.7 Å². The Bertz CT molecular complexity index is 1120. The average molecular weight is 442 g/mol. The van der Waals surface area contributed by atoms with Gasteiger partial charge in [-0.15, -0.1) is 0 Å². The average Bonchev–Trinajstić information content (AvgIpc) is 3.06. The van der Waals surface area contributed by atoms with Crippen LogP contribution < -0.4 is 10.6 Å². The van der Waals surface area contributed by atoms with Gasteiger partial charge in [0.15, 0.2) is 0 Å². The molecule has 162 valence electrons. The quantitative estimate of drug-likeness (QED) is 0.660. The number of imide groups is 1. The highest BCUT2D eigenvalue weighted by molar-refractivity contribution is 7.89. The molecule has 2 aromatic carbocycles. The standard InChI is InChI=1S/C22H23N3O5S/c26-20(9-6-15-4-2-1-3-5-15)23-16-10-12-25(13-11-16)31(29,30)17-7-8-18-19(14-17)22(28)24-21(18)27/h1-5,7-8,14,16H,6,9-13H2,(H,23,26)(H,24,27,28). The molecule has 31 heavy (non-hydrogen) atoms. The third-order valence-corrected chi connectivity index (χ3v) is 7.54. The zero-order chi connectivity index (χ0) is 22.0. The lowest BCUT2D eigenvalue weighted by Gasteiger charge is -2.31. The van der Waals surface area contributed by atoms with E-state index in [9.17, 15) is 22.8 Å². The molecule has 0 aromatic heterocycles. The van der Waals surface area contributed by atoms with Gasteiger partial charge in [-0.3, -0.25) is 19.7 Å². The summed E-state index contributed by atoms with van der Waals surface area (Å²) in [5.41, 5.74) is 1.36. The Morgan fingerprint density at radius 2 is 1.68 bits per heavy atom. The Balaban J connectivity index is 1.33. The molecule has 1 fully saturated rings. The molecule has 0 saturated carbocycles. The van der Waals surface area contributed by atoms with Crippen molar-refractivity contribution in [1.82, 2.24) is 14.9 Å². The number of carbonyl (C=O) groups is 3. The molecule has 2 N–H and O–H groups in total. The van der Waals surface area contributed by atoms with E-state index >= 15 is 0 Å². The summed E-state index contributed by atoms with van der Waals surface area (Å²) in [5.74, 6) is -1.15. The molecule has 9 heteroatoms. The lowest BCUT2D eigenvalue weighted by molar-refractivity contribution is -0.122. The monoisotopic (exact) mass is 441 g/mol. The van der Waals surface area contributed by atoms with Crippen LogP contribution in [0.15, 0.2) is 53.4 Å². The second-order valence-corrected chi connectivity index (χ2v) is 9.66. The van der Waals surface area contributed by atoms with Crippen LogP contribution >= 0.6 is 0 Å². The van der Waals surface area contributed by atoms with Crippen molar-refractivity contribution in [3.63, 3.8) is 0 Å². The van der Waals surface area contributed by atoms with Crippen LogP contribution in [-0.4, -0.2) is 49.6 Å². The van der Waals surface area contributed by atoms with Crippen LogP contribution in [0.2, 0.25) is 0 Å². The van der Waals surface area contributed by atoms with Crippen molar-refractivity contribution < 1.29 is 22.8 Å². The van der Waals surface area contributed by atoms with Gasteiger partial charge in [0.1, 0.15) is 0 Å². The van der Waals surface area contributed by atoms with E-state index in [2.05, 4.69) is 10.6 Å². The summed E-state index contributed by atoms with van der Waals surface area (Å²) in [6.07, 6.45) is 2.08. The highest BCUT2D eigenvalue weighted by Gasteiger charge is 2.33. The number of piperidine rings is 1. The van der Waals surface area contributed by atoms with Gasteiger partial charge in [-0.25, -0.2) is 8.42 Å². The molecule has 0 spiro atoms. The highest BCUT2D eigenvalue weighted by Crippen LogP contribution is 2.25. The molecule has 3 amide bonds. The van der Waals surface area contributed by atoms with E-state index in [0.717, 1.165) is 5.56 Å². The summed E-state index contributed by atoms with van der Waals surface area (Å²) in [6.45, 7) is 0.544. The molecule has 1 saturated heterocycles. The molecule has 2 aliphatic heterocycles. The Morgan fingerprint density at radius 1 is 1.00 bits per heavy atom. The van der Waals surface area contributed by atoms with E-state index in [1.165, 1.54) is 22.5 Å². The number of carbonyl (C=O) groups excluding carboxylic acids is 3. The predicted molar refractivity (Wildman–Crippen MR) is 113 cm³/mol. The van der Waals surface area contributed by atoms with Gasteiger partial charge in [0, 0.05) is 25.6 Å². The van der Waals surface area contributed by atoms with Gasteiger partial charge in [-0.1, -0.05) is 30.3 Å². The molecule has 0 aliphatic carbocycles. The van der Waals surface area contributed by atoms with Crippen molar-refractivity contribution in [2.24, 2.45) is 0 Å². The van der Waals surface area contributed by atoms with Crippen molar-refractivity contribution >= 4 is 27.7 Å². The van der Waals surface area contributed by atoms with Crippen molar-refractivity contribution in [2.75, 3.05) is 13.1 Å². The fraction of sp³-hybridized carbons (Fsp3) is 0.318. The minimum atomic E-state index is -3.79. The number of hydrogen-bond donors (Lipinski definition) is 2. The molecular weight excluding hydrogens is 418 g/mol. The first-order chi connectivity index (χ1) is 14.8. The first-order valence-corrected chi connectivity index (χ1v) is 11.6. The number of amides is 3. The Kier molecular flexibility index (Phi) is 5.88. The van der Waals surface area contributed by atoms with Gasteiger partial charge < -0.3 is 5.32 Å². The molecule has 2 heterocycles. The number of benzene rings is 2. The van der Waals surface area contributed by atoms with Gasteiger partial charge in [0.05, 0.1) is 16.0 Å². The van der Waals surface area contributed by atoms with Gasteiger partial charge >= 0.3 is 0 Å². The third kappa shape index (κ3) is 4.52. The second-order valence-electron chi connectivity index (χ2n) is 7.72. The fourth-order valence-corrected chi connectivity index (χ4v) is 5.40. The van der Waals surface area contributed by atoms with Gasteiger partial charge in [-0.2, -0.15) is 4.31 Å². The Hall–Kier alpha value is -3.04. The minimum Gasteiger partial charge on any atom is -0.353 e. The van der Waals surface area contributed by atoms with Crippen LogP contribution in [0.4, 0.5) is 0 Å². The molecule has 0 atom stereocenters. The summed E-state index contributed by atoms with van der Waals surface area (Å²) < 4.78 is 27.3. The topological polar surface area (TPSA) is 113 Å². The maximum absolute atomic E-state index is 13.0. The smallest absolute Gasteiger partial charge is 0.258 e. The largest absolute Gasteiger partial charge is 0.353 e. The summed E-state index contributed by atoms with van der Waals surface area (Å²) in [6, 6.07) is 13.7. The zero-order valence-electron chi connectivity index (χ0n) is 16.8. The minimum absolute atomic E-state index is 0.0125. The van der Waals surface area contributed by atoms with E-state index in [1.807, 2.05) is 30.3 Å². The maximum Gasteiger partial charge on any atom is 0.258 e. The normalized spacial score (nSPS) is 17.3. The predicted octanol–water partition coefficient (Wildman–Crippen LogP) is 1.47. The van der Waals surface area contributed by atoms with E-state index in [4.69, 9.17) is 0 Å². The van der Waals surface area contributed by atoms with Gasteiger partial charge in [-0.05, 0) is 43.0 Å². The summed E-state index contributed by atoms with van der Waals surface area (Å²) >= 11 is 0. The fourth-order valence-electron chi connectivity index (χ4n) is 3.90. The van der Waals surface area contributed by atoms with Crippen molar-refractivity contribution in [1.29, 1.82) is 0 Å². The number of hydrogen-bond acceptors (Lipinski definition) is 5. The number of nitrogens with zero attached hydrogens (tertiary/aromatic N) is 1. The molecule has 8 nitrogen and oxygen atoms in total. The van der Waals surface area contributed by atoms with Gasteiger partial charge in [0.25, 0.3) is 11.8 Å². The van der Waals surface area contributed by atoms with Crippen molar-refractivity contribution in [3.05, 3.63) is 65.2 Å². The summed E-state index contributed by atoms with van der Waals surface area (Å²) in [5, 5.41) is 5.15. The summed E-state index contributed by atoms with van der Waals surface area (Å²) in [7, 11) is -3.79. The first-order valence-electron chi connectivity index (χ1n) is 10.2. The molecule has 2 aliphatic rings. The summed E-state index contributed by atoms with van der Waals surface area (Å²) in [4.78, 5) is 35.7. The van der Waals surface area contributed by atoms with E-state index in [-0.39, 0.29) is 41.1 Å². The van der Waals surface area contributed by atoms with Gasteiger partial charge in [0.2, 0.25) is 15.9 Å². The van der Waals surface area contributed by atoms with Crippen LogP contribution in [0.1, 0.15) is 45.5 Å². The van der Waals surface area contributed by atoms with Crippen LogP contribution in [-0.2, 0) is 21.2 Å². The molecular formula is C22H23N3O5S. The molecule has 0 unspecified atom stereocenters. The third-order valence-electron chi connectivity index (χ3n) is 5.65. The van der Waals surface area contributed by atoms with E-state index in [1.54, 1.807) is 0 Å². The van der Waals surface area contributed by atoms with E-state index < -0.39 is 21.8 Å². The lowest BCUT2D eigenvalue weighted by Crippen LogP contribution is -2.46. The number of sulfonamides is 1. The molecule has 0 radical (unpaired) electrons. The SMILES string of the molecule is O=C(CCc1ccccc1)NC1CCN(S(=O)(=O)c2ccc3c(c2)C(=O)NC3=O)CC1.